The summed E-state index contributed by atoms with van der Waals surface area (Å²) in [5.74, 6) is 1.41. The summed E-state index contributed by atoms with van der Waals surface area (Å²) >= 11 is 6.00. The normalized spacial score (nSPS) is 21.3. The maximum atomic E-state index is 13.3. The lowest BCUT2D eigenvalue weighted by molar-refractivity contribution is -0.136. The van der Waals surface area contributed by atoms with Crippen molar-refractivity contribution in [2.24, 2.45) is 5.92 Å². The molecule has 0 saturated carbocycles. The number of hydrogen-bond acceptors (Lipinski definition) is 5. The Morgan fingerprint density at radius 3 is 2.46 bits per heavy atom. The van der Waals surface area contributed by atoms with Crippen LogP contribution in [0.5, 0.6) is 11.5 Å². The van der Waals surface area contributed by atoms with Crippen LogP contribution in [0.2, 0.25) is 5.02 Å². The zero-order chi connectivity index (χ0) is 19.7. The maximum Gasteiger partial charge on any atom is 0.229 e. The first-order valence-electron chi connectivity index (χ1n) is 9.37. The van der Waals surface area contributed by atoms with Gasteiger partial charge in [0.05, 0.1) is 26.2 Å². The number of halogens is 1. The molecular formula is C21H24ClN3O3. The third-order valence-electron chi connectivity index (χ3n) is 5.56. The highest BCUT2D eigenvalue weighted by atomic mass is 35.5. The van der Waals surface area contributed by atoms with Crippen LogP contribution in [0.1, 0.15) is 22.7 Å². The van der Waals surface area contributed by atoms with Crippen LogP contribution >= 0.6 is 11.6 Å². The van der Waals surface area contributed by atoms with Gasteiger partial charge in [-0.05, 0) is 47.4 Å². The largest absolute Gasteiger partial charge is 0.493 e. The van der Waals surface area contributed by atoms with E-state index in [2.05, 4.69) is 10.9 Å². The molecule has 2 atom stereocenters. The van der Waals surface area contributed by atoms with Crippen molar-refractivity contribution >= 4 is 17.5 Å². The van der Waals surface area contributed by atoms with Crippen LogP contribution in [0.25, 0.3) is 0 Å². The van der Waals surface area contributed by atoms with E-state index in [4.69, 9.17) is 21.1 Å². The molecule has 2 aliphatic heterocycles. The van der Waals surface area contributed by atoms with Gasteiger partial charge >= 0.3 is 0 Å². The Bertz CT molecular complexity index is 872. The third-order valence-corrected chi connectivity index (χ3v) is 5.81. The Morgan fingerprint density at radius 1 is 1.11 bits per heavy atom. The minimum Gasteiger partial charge on any atom is -0.493 e. The molecule has 4 rings (SSSR count). The molecule has 148 valence electrons. The SMILES string of the molecule is COc1cc2c(cc1OC)CN(C(=O)C1CNNC1c1ccc(Cl)cc1)CC2. The quantitative estimate of drug-likeness (QED) is 0.824. The Morgan fingerprint density at radius 2 is 1.79 bits per heavy atom. The lowest BCUT2D eigenvalue weighted by Crippen LogP contribution is -2.42. The van der Waals surface area contributed by atoms with E-state index in [1.165, 1.54) is 5.56 Å². The van der Waals surface area contributed by atoms with Gasteiger partial charge in [-0.3, -0.25) is 10.2 Å². The van der Waals surface area contributed by atoms with Gasteiger partial charge in [0.15, 0.2) is 11.5 Å². The van der Waals surface area contributed by atoms with E-state index in [1.54, 1.807) is 14.2 Å². The van der Waals surface area contributed by atoms with Gasteiger partial charge in [-0.25, -0.2) is 5.43 Å². The van der Waals surface area contributed by atoms with E-state index in [9.17, 15) is 4.79 Å². The summed E-state index contributed by atoms with van der Waals surface area (Å²) in [5, 5.41) is 0.689. The molecule has 0 spiro atoms. The standard InChI is InChI=1S/C21H24ClN3O3/c1-27-18-9-14-7-8-25(12-15(14)10-19(18)28-2)21(26)17-11-23-24-20(17)13-3-5-16(22)6-4-13/h3-6,9-10,17,20,23-24H,7-8,11-12H2,1-2H3. The first-order valence-corrected chi connectivity index (χ1v) is 9.75. The van der Waals surface area contributed by atoms with Crippen molar-refractivity contribution in [1.29, 1.82) is 0 Å². The molecule has 1 saturated heterocycles. The molecule has 2 unspecified atom stereocenters. The number of benzene rings is 2. The molecule has 6 nitrogen and oxygen atoms in total. The number of hydrogen-bond donors (Lipinski definition) is 2. The molecule has 0 bridgehead atoms. The number of methoxy groups -OCH3 is 2. The second-order valence-electron chi connectivity index (χ2n) is 7.15. The van der Waals surface area contributed by atoms with Crippen LogP contribution in [0, 0.1) is 5.92 Å². The van der Waals surface area contributed by atoms with Crippen molar-refractivity contribution in [1.82, 2.24) is 15.8 Å². The number of nitrogens with one attached hydrogen (secondary N) is 2. The smallest absolute Gasteiger partial charge is 0.229 e. The van der Waals surface area contributed by atoms with Crippen LogP contribution in [0.4, 0.5) is 0 Å². The Hall–Kier alpha value is -2.28. The highest BCUT2D eigenvalue weighted by Gasteiger charge is 2.37. The van der Waals surface area contributed by atoms with E-state index >= 15 is 0 Å². The molecule has 0 aromatic heterocycles. The zero-order valence-corrected chi connectivity index (χ0v) is 16.8. The van der Waals surface area contributed by atoms with E-state index in [0.29, 0.717) is 30.4 Å². The van der Waals surface area contributed by atoms with Crippen LogP contribution in [0.15, 0.2) is 36.4 Å². The number of rotatable bonds is 4. The highest BCUT2D eigenvalue weighted by molar-refractivity contribution is 6.30. The molecule has 1 fully saturated rings. The monoisotopic (exact) mass is 401 g/mol. The minimum absolute atomic E-state index is 0.0726. The average molecular weight is 402 g/mol. The number of amides is 1. The number of carbonyl (C=O) groups excluding carboxylic acids is 1. The number of nitrogens with zero attached hydrogens (tertiary/aromatic N) is 1. The topological polar surface area (TPSA) is 62.8 Å². The number of carbonyl (C=O) groups is 1. The average Bonchev–Trinajstić information content (AvgIpc) is 3.22. The van der Waals surface area contributed by atoms with Crippen molar-refractivity contribution in [3.63, 3.8) is 0 Å². The Balaban J connectivity index is 1.53. The molecule has 2 aliphatic rings. The van der Waals surface area contributed by atoms with Gasteiger partial charge in [0.25, 0.3) is 0 Å². The van der Waals surface area contributed by atoms with Gasteiger partial charge in [0.2, 0.25) is 5.91 Å². The summed E-state index contributed by atoms with van der Waals surface area (Å²) in [6.45, 7) is 1.88. The number of hydrazine groups is 1. The fourth-order valence-electron chi connectivity index (χ4n) is 4.02. The first kappa shape index (κ1) is 19.1. The van der Waals surface area contributed by atoms with E-state index < -0.39 is 0 Å². The van der Waals surface area contributed by atoms with E-state index in [1.807, 2.05) is 41.3 Å². The molecular weight excluding hydrogens is 378 g/mol. The molecule has 1 amide bonds. The lowest BCUT2D eigenvalue weighted by Gasteiger charge is -2.32. The fourth-order valence-corrected chi connectivity index (χ4v) is 4.14. The fraction of sp³-hybridized carbons (Fsp3) is 0.381. The third kappa shape index (κ3) is 3.55. The van der Waals surface area contributed by atoms with Crippen LogP contribution < -0.4 is 20.3 Å². The van der Waals surface area contributed by atoms with Crippen molar-refractivity contribution in [3.05, 3.63) is 58.1 Å². The molecule has 7 heteroatoms. The molecule has 28 heavy (non-hydrogen) atoms. The summed E-state index contributed by atoms with van der Waals surface area (Å²) in [6, 6.07) is 11.6. The maximum absolute atomic E-state index is 13.3. The molecule has 0 radical (unpaired) electrons. The van der Waals surface area contributed by atoms with Gasteiger partial charge in [-0.15, -0.1) is 0 Å². The van der Waals surface area contributed by atoms with Crippen LogP contribution in [0.3, 0.4) is 0 Å². The second kappa shape index (κ2) is 7.99. The van der Waals surface area contributed by atoms with Gasteiger partial charge < -0.3 is 14.4 Å². The molecule has 0 aliphatic carbocycles. The van der Waals surface area contributed by atoms with Crippen LogP contribution in [-0.4, -0.2) is 38.1 Å². The number of ether oxygens (including phenoxy) is 2. The summed E-state index contributed by atoms with van der Waals surface area (Å²) in [4.78, 5) is 15.2. The summed E-state index contributed by atoms with van der Waals surface area (Å²) in [5.41, 5.74) is 9.75. The summed E-state index contributed by atoms with van der Waals surface area (Å²) < 4.78 is 10.8. The van der Waals surface area contributed by atoms with Gasteiger partial charge in [-0.1, -0.05) is 23.7 Å². The van der Waals surface area contributed by atoms with Crippen molar-refractivity contribution in [3.8, 4) is 11.5 Å². The highest BCUT2D eigenvalue weighted by Crippen LogP contribution is 2.34. The number of fused-ring (bicyclic) bond motifs is 1. The Kier molecular flexibility index (Phi) is 5.44. The Labute approximate surface area is 169 Å². The van der Waals surface area contributed by atoms with Crippen molar-refractivity contribution in [2.45, 2.75) is 19.0 Å². The van der Waals surface area contributed by atoms with E-state index in [0.717, 1.165) is 23.3 Å². The molecule has 2 aromatic rings. The van der Waals surface area contributed by atoms with Crippen molar-refractivity contribution in [2.75, 3.05) is 27.3 Å². The van der Waals surface area contributed by atoms with Crippen LogP contribution in [-0.2, 0) is 17.8 Å². The zero-order valence-electron chi connectivity index (χ0n) is 16.0. The molecule has 2 N–H and O–H groups in total. The van der Waals surface area contributed by atoms with Gasteiger partial charge in [0, 0.05) is 24.7 Å². The second-order valence-corrected chi connectivity index (χ2v) is 7.58. The predicted molar refractivity (Wildman–Crippen MR) is 107 cm³/mol. The first-order chi connectivity index (χ1) is 13.6. The van der Waals surface area contributed by atoms with Gasteiger partial charge in [-0.2, -0.15) is 0 Å². The predicted octanol–water partition coefficient (Wildman–Crippen LogP) is 2.71. The van der Waals surface area contributed by atoms with Gasteiger partial charge in [0.1, 0.15) is 0 Å². The van der Waals surface area contributed by atoms with Crippen molar-refractivity contribution < 1.29 is 14.3 Å². The lowest BCUT2D eigenvalue weighted by atomic mass is 9.92. The minimum atomic E-state index is -0.164. The molecule has 2 heterocycles. The van der Waals surface area contributed by atoms with E-state index in [-0.39, 0.29) is 17.9 Å². The molecule has 2 aromatic carbocycles. The summed E-state index contributed by atoms with van der Waals surface area (Å²) in [7, 11) is 3.27. The summed E-state index contributed by atoms with van der Waals surface area (Å²) in [6.07, 6.45) is 0.806.